The molecule has 0 aromatic rings. The minimum absolute atomic E-state index is 0.125. The zero-order chi connectivity index (χ0) is 10.9. The SMILES string of the molecule is CCOC(=O)CNC1CCCCCCC1. The quantitative estimate of drug-likeness (QED) is 0.728. The van der Waals surface area contributed by atoms with Crippen LogP contribution in [0.1, 0.15) is 51.9 Å². The molecule has 0 amide bonds. The van der Waals surface area contributed by atoms with E-state index in [-0.39, 0.29) is 5.97 Å². The van der Waals surface area contributed by atoms with Gasteiger partial charge in [-0.3, -0.25) is 4.79 Å². The topological polar surface area (TPSA) is 38.3 Å². The van der Waals surface area contributed by atoms with Gasteiger partial charge < -0.3 is 10.1 Å². The van der Waals surface area contributed by atoms with Crippen molar-refractivity contribution in [2.75, 3.05) is 13.2 Å². The van der Waals surface area contributed by atoms with Crippen LogP contribution in [-0.2, 0) is 9.53 Å². The van der Waals surface area contributed by atoms with Crippen LogP contribution in [0.3, 0.4) is 0 Å². The predicted octanol–water partition coefficient (Wildman–Crippen LogP) is 2.25. The van der Waals surface area contributed by atoms with Crippen LogP contribution in [-0.4, -0.2) is 25.2 Å². The van der Waals surface area contributed by atoms with E-state index in [0.29, 0.717) is 19.2 Å². The Bertz CT molecular complexity index is 174. The first-order valence-corrected chi connectivity index (χ1v) is 6.22. The van der Waals surface area contributed by atoms with Gasteiger partial charge in [0.15, 0.2) is 0 Å². The van der Waals surface area contributed by atoms with Gasteiger partial charge in [0.05, 0.1) is 13.2 Å². The molecule has 1 aliphatic carbocycles. The number of esters is 1. The van der Waals surface area contributed by atoms with E-state index >= 15 is 0 Å². The molecular formula is C12H23NO2. The van der Waals surface area contributed by atoms with Gasteiger partial charge in [0.25, 0.3) is 0 Å². The summed E-state index contributed by atoms with van der Waals surface area (Å²) in [5, 5.41) is 3.30. The van der Waals surface area contributed by atoms with Crippen LogP contribution in [0, 0.1) is 0 Å². The highest BCUT2D eigenvalue weighted by Crippen LogP contribution is 2.16. The Morgan fingerprint density at radius 3 is 2.40 bits per heavy atom. The first-order valence-electron chi connectivity index (χ1n) is 6.22. The Hall–Kier alpha value is -0.570. The van der Waals surface area contributed by atoms with Crippen LogP contribution in [0.5, 0.6) is 0 Å². The molecule has 1 fully saturated rings. The van der Waals surface area contributed by atoms with E-state index in [1.54, 1.807) is 0 Å². The van der Waals surface area contributed by atoms with Gasteiger partial charge >= 0.3 is 5.97 Å². The van der Waals surface area contributed by atoms with Crippen molar-refractivity contribution in [3.05, 3.63) is 0 Å². The molecule has 0 radical (unpaired) electrons. The molecule has 0 unspecified atom stereocenters. The molecule has 15 heavy (non-hydrogen) atoms. The zero-order valence-corrected chi connectivity index (χ0v) is 9.76. The lowest BCUT2D eigenvalue weighted by molar-refractivity contribution is -0.142. The number of hydrogen-bond acceptors (Lipinski definition) is 3. The van der Waals surface area contributed by atoms with Crippen LogP contribution in [0.4, 0.5) is 0 Å². The average molecular weight is 213 g/mol. The fraction of sp³-hybridized carbons (Fsp3) is 0.917. The Balaban J connectivity index is 2.14. The summed E-state index contributed by atoms with van der Waals surface area (Å²) >= 11 is 0. The molecule has 1 saturated carbocycles. The van der Waals surface area contributed by atoms with Crippen molar-refractivity contribution < 1.29 is 9.53 Å². The van der Waals surface area contributed by atoms with Crippen LogP contribution in [0.25, 0.3) is 0 Å². The minimum atomic E-state index is -0.125. The molecule has 0 bridgehead atoms. The van der Waals surface area contributed by atoms with Gasteiger partial charge in [0.2, 0.25) is 0 Å². The second kappa shape index (κ2) is 7.69. The standard InChI is InChI=1S/C12H23NO2/c1-2-15-12(14)10-13-11-8-6-4-3-5-7-9-11/h11,13H,2-10H2,1H3. The minimum Gasteiger partial charge on any atom is -0.465 e. The summed E-state index contributed by atoms with van der Waals surface area (Å²) < 4.78 is 4.89. The van der Waals surface area contributed by atoms with Crippen LogP contribution >= 0.6 is 0 Å². The first-order chi connectivity index (χ1) is 7.33. The average Bonchev–Trinajstić information content (AvgIpc) is 2.16. The van der Waals surface area contributed by atoms with Crippen LogP contribution < -0.4 is 5.32 Å². The molecule has 1 N–H and O–H groups in total. The van der Waals surface area contributed by atoms with Gasteiger partial charge in [-0.05, 0) is 19.8 Å². The molecule has 3 heteroatoms. The van der Waals surface area contributed by atoms with Crippen molar-refractivity contribution in [2.24, 2.45) is 0 Å². The number of ether oxygens (including phenoxy) is 1. The van der Waals surface area contributed by atoms with Crippen LogP contribution in [0.15, 0.2) is 0 Å². The molecule has 0 aliphatic heterocycles. The maximum absolute atomic E-state index is 11.2. The molecule has 0 saturated heterocycles. The van der Waals surface area contributed by atoms with E-state index < -0.39 is 0 Å². The monoisotopic (exact) mass is 213 g/mol. The van der Waals surface area contributed by atoms with Gasteiger partial charge in [-0.1, -0.05) is 32.1 Å². The lowest BCUT2D eigenvalue weighted by Crippen LogP contribution is -2.34. The van der Waals surface area contributed by atoms with Crippen molar-refractivity contribution in [3.63, 3.8) is 0 Å². The van der Waals surface area contributed by atoms with Gasteiger partial charge in [0.1, 0.15) is 0 Å². The lowest BCUT2D eigenvalue weighted by Gasteiger charge is -2.20. The van der Waals surface area contributed by atoms with Crippen molar-refractivity contribution >= 4 is 5.97 Å². The summed E-state index contributed by atoms with van der Waals surface area (Å²) in [5.74, 6) is -0.125. The van der Waals surface area contributed by atoms with E-state index in [4.69, 9.17) is 4.74 Å². The summed E-state index contributed by atoms with van der Waals surface area (Å²) in [4.78, 5) is 11.2. The molecule has 0 atom stereocenters. The number of hydrogen-bond donors (Lipinski definition) is 1. The fourth-order valence-electron chi connectivity index (χ4n) is 2.10. The summed E-state index contributed by atoms with van der Waals surface area (Å²) in [6.45, 7) is 2.69. The highest BCUT2D eigenvalue weighted by molar-refractivity contribution is 5.71. The Labute approximate surface area is 92.6 Å². The molecule has 0 spiro atoms. The van der Waals surface area contributed by atoms with E-state index in [1.165, 1.54) is 44.9 Å². The van der Waals surface area contributed by atoms with E-state index in [9.17, 15) is 4.79 Å². The van der Waals surface area contributed by atoms with Crippen molar-refractivity contribution in [1.82, 2.24) is 5.32 Å². The van der Waals surface area contributed by atoms with E-state index in [0.717, 1.165) is 0 Å². The second-order valence-electron chi connectivity index (χ2n) is 4.23. The molecule has 1 rings (SSSR count). The third kappa shape index (κ3) is 5.78. The maximum atomic E-state index is 11.2. The molecule has 88 valence electrons. The maximum Gasteiger partial charge on any atom is 0.319 e. The third-order valence-corrected chi connectivity index (χ3v) is 2.95. The first kappa shape index (κ1) is 12.5. The summed E-state index contributed by atoms with van der Waals surface area (Å²) in [7, 11) is 0. The summed E-state index contributed by atoms with van der Waals surface area (Å²) in [6.07, 6.45) is 9.07. The van der Waals surface area contributed by atoms with Gasteiger partial charge in [-0.2, -0.15) is 0 Å². The Morgan fingerprint density at radius 2 is 1.80 bits per heavy atom. The number of carbonyl (C=O) groups is 1. The van der Waals surface area contributed by atoms with Crippen molar-refractivity contribution in [2.45, 2.75) is 57.9 Å². The number of carbonyl (C=O) groups excluding carboxylic acids is 1. The highest BCUT2D eigenvalue weighted by Gasteiger charge is 2.12. The van der Waals surface area contributed by atoms with Crippen molar-refractivity contribution in [1.29, 1.82) is 0 Å². The molecular weight excluding hydrogens is 190 g/mol. The number of nitrogens with one attached hydrogen (secondary N) is 1. The lowest BCUT2D eigenvalue weighted by atomic mass is 9.97. The molecule has 3 nitrogen and oxygen atoms in total. The molecule has 0 aromatic carbocycles. The Kier molecular flexibility index (Phi) is 6.41. The van der Waals surface area contributed by atoms with E-state index in [2.05, 4.69) is 5.32 Å². The predicted molar refractivity (Wildman–Crippen MR) is 60.7 cm³/mol. The zero-order valence-electron chi connectivity index (χ0n) is 9.76. The fourth-order valence-corrected chi connectivity index (χ4v) is 2.10. The number of rotatable bonds is 4. The van der Waals surface area contributed by atoms with Crippen LogP contribution in [0.2, 0.25) is 0 Å². The normalized spacial score (nSPS) is 19.3. The summed E-state index contributed by atoms with van der Waals surface area (Å²) in [6, 6.07) is 0.523. The van der Waals surface area contributed by atoms with E-state index in [1.807, 2.05) is 6.92 Å². The van der Waals surface area contributed by atoms with Gasteiger partial charge in [-0.25, -0.2) is 0 Å². The molecule has 1 aliphatic rings. The Morgan fingerprint density at radius 1 is 1.20 bits per heavy atom. The molecule has 0 aromatic heterocycles. The van der Waals surface area contributed by atoms with Gasteiger partial charge in [0, 0.05) is 6.04 Å². The smallest absolute Gasteiger partial charge is 0.319 e. The highest BCUT2D eigenvalue weighted by atomic mass is 16.5. The summed E-state index contributed by atoms with van der Waals surface area (Å²) in [5.41, 5.74) is 0. The third-order valence-electron chi connectivity index (χ3n) is 2.95. The molecule has 0 heterocycles. The largest absolute Gasteiger partial charge is 0.465 e. The van der Waals surface area contributed by atoms with Crippen molar-refractivity contribution in [3.8, 4) is 0 Å². The second-order valence-corrected chi connectivity index (χ2v) is 4.23. The van der Waals surface area contributed by atoms with Gasteiger partial charge in [-0.15, -0.1) is 0 Å².